The minimum Gasteiger partial charge on any atom is -0.377 e. The van der Waals surface area contributed by atoms with Crippen LogP contribution in [0.5, 0.6) is 0 Å². The van der Waals surface area contributed by atoms with Crippen molar-refractivity contribution in [2.24, 2.45) is 11.8 Å². The van der Waals surface area contributed by atoms with Crippen LogP contribution in [0, 0.1) is 11.8 Å². The Morgan fingerprint density at radius 1 is 1.18 bits per heavy atom. The molecule has 2 rings (SSSR count). The van der Waals surface area contributed by atoms with Crippen molar-refractivity contribution in [1.29, 1.82) is 0 Å². The first kappa shape index (κ1) is 13.4. The minimum atomic E-state index is 0.485. The van der Waals surface area contributed by atoms with E-state index in [4.69, 9.17) is 4.74 Å². The van der Waals surface area contributed by atoms with Gasteiger partial charge in [-0.15, -0.1) is 0 Å². The molecule has 1 aliphatic heterocycles. The molecular formula is C15H29NO. The summed E-state index contributed by atoms with van der Waals surface area (Å²) in [6, 6.07) is 0.614. The van der Waals surface area contributed by atoms with Gasteiger partial charge in [0.15, 0.2) is 0 Å². The van der Waals surface area contributed by atoms with Crippen molar-refractivity contribution in [1.82, 2.24) is 5.32 Å². The second kappa shape index (κ2) is 6.75. The molecule has 0 spiro atoms. The first-order valence-electron chi connectivity index (χ1n) is 7.66. The maximum atomic E-state index is 6.02. The van der Waals surface area contributed by atoms with Gasteiger partial charge in [-0.25, -0.2) is 0 Å². The second-order valence-electron chi connectivity index (χ2n) is 6.02. The summed E-state index contributed by atoms with van der Waals surface area (Å²) in [7, 11) is 0. The molecule has 1 saturated carbocycles. The van der Waals surface area contributed by atoms with Crippen molar-refractivity contribution in [3.63, 3.8) is 0 Å². The van der Waals surface area contributed by atoms with Gasteiger partial charge >= 0.3 is 0 Å². The van der Waals surface area contributed by atoms with E-state index in [-0.39, 0.29) is 0 Å². The van der Waals surface area contributed by atoms with E-state index in [0.29, 0.717) is 12.1 Å². The summed E-state index contributed by atoms with van der Waals surface area (Å²) in [6.45, 7) is 6.70. The normalized spacial score (nSPS) is 36.7. The topological polar surface area (TPSA) is 21.3 Å². The van der Waals surface area contributed by atoms with Gasteiger partial charge in [-0.3, -0.25) is 0 Å². The fraction of sp³-hybridized carbons (Fsp3) is 1.00. The summed E-state index contributed by atoms with van der Waals surface area (Å²) in [4.78, 5) is 0. The Morgan fingerprint density at radius 2 is 2.06 bits per heavy atom. The summed E-state index contributed by atoms with van der Waals surface area (Å²) in [5.74, 6) is 1.76. The highest BCUT2D eigenvalue weighted by molar-refractivity contribution is 4.88. The smallest absolute Gasteiger partial charge is 0.0730 e. The van der Waals surface area contributed by atoms with Gasteiger partial charge in [-0.05, 0) is 50.5 Å². The second-order valence-corrected chi connectivity index (χ2v) is 6.02. The van der Waals surface area contributed by atoms with Gasteiger partial charge in [0.25, 0.3) is 0 Å². The number of likely N-dealkylation sites (N-methyl/N-ethyl adjacent to an activating group) is 1. The summed E-state index contributed by atoms with van der Waals surface area (Å²) < 4.78 is 6.02. The molecule has 100 valence electrons. The van der Waals surface area contributed by atoms with Crippen LogP contribution >= 0.6 is 0 Å². The Labute approximate surface area is 107 Å². The van der Waals surface area contributed by atoms with Crippen LogP contribution in [0.3, 0.4) is 0 Å². The number of hydrogen-bond acceptors (Lipinski definition) is 2. The van der Waals surface area contributed by atoms with E-state index in [2.05, 4.69) is 19.2 Å². The molecule has 4 unspecified atom stereocenters. The number of rotatable bonds is 4. The van der Waals surface area contributed by atoms with Gasteiger partial charge in [0, 0.05) is 12.6 Å². The van der Waals surface area contributed by atoms with Crippen LogP contribution in [0.15, 0.2) is 0 Å². The number of ether oxygens (including phenoxy) is 1. The molecule has 1 saturated heterocycles. The van der Waals surface area contributed by atoms with Gasteiger partial charge in [-0.2, -0.15) is 0 Å². The quantitative estimate of drug-likeness (QED) is 0.812. The maximum Gasteiger partial charge on any atom is 0.0730 e. The van der Waals surface area contributed by atoms with Crippen molar-refractivity contribution in [2.75, 3.05) is 13.2 Å². The molecule has 2 aliphatic rings. The molecule has 1 aliphatic carbocycles. The summed E-state index contributed by atoms with van der Waals surface area (Å²) in [5, 5.41) is 3.72. The van der Waals surface area contributed by atoms with Crippen LogP contribution in [0.25, 0.3) is 0 Å². The third kappa shape index (κ3) is 3.69. The Morgan fingerprint density at radius 3 is 2.71 bits per heavy atom. The van der Waals surface area contributed by atoms with Gasteiger partial charge in [0.2, 0.25) is 0 Å². The zero-order chi connectivity index (χ0) is 12.1. The first-order valence-corrected chi connectivity index (χ1v) is 7.66. The lowest BCUT2D eigenvalue weighted by molar-refractivity contribution is -0.0271. The van der Waals surface area contributed by atoms with Crippen LogP contribution in [0.4, 0.5) is 0 Å². The van der Waals surface area contributed by atoms with Crippen LogP contribution < -0.4 is 5.32 Å². The van der Waals surface area contributed by atoms with Gasteiger partial charge in [0.1, 0.15) is 0 Å². The zero-order valence-corrected chi connectivity index (χ0v) is 11.6. The molecule has 0 aromatic rings. The van der Waals surface area contributed by atoms with Crippen LogP contribution in [-0.4, -0.2) is 25.3 Å². The summed E-state index contributed by atoms with van der Waals surface area (Å²) >= 11 is 0. The Bertz CT molecular complexity index is 213. The lowest BCUT2D eigenvalue weighted by Crippen LogP contribution is -2.48. The van der Waals surface area contributed by atoms with Crippen molar-refractivity contribution >= 4 is 0 Å². The van der Waals surface area contributed by atoms with Crippen molar-refractivity contribution in [3.8, 4) is 0 Å². The average molecular weight is 239 g/mol. The van der Waals surface area contributed by atoms with Crippen LogP contribution in [0.2, 0.25) is 0 Å². The predicted molar refractivity (Wildman–Crippen MR) is 72.2 cm³/mol. The molecule has 1 N–H and O–H groups in total. The SMILES string of the molecule is CCNC(C1CCCC(C)C1)C1CCCCO1. The summed E-state index contributed by atoms with van der Waals surface area (Å²) in [6.07, 6.45) is 10.0. The minimum absolute atomic E-state index is 0.485. The predicted octanol–water partition coefficient (Wildman–Crippen LogP) is 3.36. The number of nitrogens with one attached hydrogen (secondary N) is 1. The molecule has 0 amide bonds. The highest BCUT2D eigenvalue weighted by Crippen LogP contribution is 2.34. The standard InChI is InChI=1S/C15H29NO/c1-3-16-15(14-9-4-5-10-17-14)13-8-6-7-12(2)11-13/h12-16H,3-11H2,1-2H3. The fourth-order valence-corrected chi connectivity index (χ4v) is 3.69. The van der Waals surface area contributed by atoms with Crippen molar-refractivity contribution in [2.45, 2.75) is 70.9 Å². The monoisotopic (exact) mass is 239 g/mol. The lowest BCUT2D eigenvalue weighted by atomic mass is 9.76. The highest BCUT2D eigenvalue weighted by atomic mass is 16.5. The van der Waals surface area contributed by atoms with Gasteiger partial charge in [0.05, 0.1) is 6.10 Å². The third-order valence-corrected chi connectivity index (χ3v) is 4.54. The maximum absolute atomic E-state index is 6.02. The van der Waals surface area contributed by atoms with Crippen LogP contribution in [0.1, 0.15) is 58.8 Å². The van der Waals surface area contributed by atoms with E-state index in [9.17, 15) is 0 Å². The molecule has 0 aromatic heterocycles. The highest BCUT2D eigenvalue weighted by Gasteiger charge is 2.33. The molecule has 0 bridgehead atoms. The van der Waals surface area contributed by atoms with E-state index in [1.807, 2.05) is 0 Å². The van der Waals surface area contributed by atoms with Gasteiger partial charge in [-0.1, -0.05) is 26.7 Å². The lowest BCUT2D eigenvalue weighted by Gasteiger charge is -2.39. The van der Waals surface area contributed by atoms with E-state index in [1.165, 1.54) is 44.9 Å². The molecule has 0 radical (unpaired) electrons. The van der Waals surface area contributed by atoms with Crippen molar-refractivity contribution < 1.29 is 4.74 Å². The molecule has 2 heteroatoms. The zero-order valence-electron chi connectivity index (χ0n) is 11.6. The Balaban J connectivity index is 1.94. The fourth-order valence-electron chi connectivity index (χ4n) is 3.69. The van der Waals surface area contributed by atoms with Crippen molar-refractivity contribution in [3.05, 3.63) is 0 Å². The average Bonchev–Trinajstić information content (AvgIpc) is 2.37. The summed E-state index contributed by atoms with van der Waals surface area (Å²) in [5.41, 5.74) is 0. The first-order chi connectivity index (χ1) is 8.31. The molecule has 4 atom stereocenters. The molecule has 2 nitrogen and oxygen atoms in total. The largest absolute Gasteiger partial charge is 0.377 e. The molecule has 0 aromatic carbocycles. The van der Waals surface area contributed by atoms with E-state index >= 15 is 0 Å². The Hall–Kier alpha value is -0.0800. The van der Waals surface area contributed by atoms with Crippen LogP contribution in [-0.2, 0) is 4.74 Å². The third-order valence-electron chi connectivity index (χ3n) is 4.54. The molecular weight excluding hydrogens is 210 g/mol. The van der Waals surface area contributed by atoms with E-state index in [0.717, 1.165) is 25.0 Å². The molecule has 1 heterocycles. The molecule has 2 fully saturated rings. The number of hydrogen-bond donors (Lipinski definition) is 1. The van der Waals surface area contributed by atoms with Gasteiger partial charge < -0.3 is 10.1 Å². The Kier molecular flexibility index (Phi) is 5.30. The van der Waals surface area contributed by atoms with E-state index < -0.39 is 0 Å². The molecule has 17 heavy (non-hydrogen) atoms. The van der Waals surface area contributed by atoms with E-state index in [1.54, 1.807) is 0 Å².